The van der Waals surface area contributed by atoms with Crippen LogP contribution in [0.3, 0.4) is 0 Å². The molecule has 0 radical (unpaired) electrons. The molecule has 0 saturated carbocycles. The lowest BCUT2D eigenvalue weighted by atomic mass is 10.0. The molecule has 5 rings (SSSR count). The second-order valence-corrected chi connectivity index (χ2v) is 15.6. The van der Waals surface area contributed by atoms with Crippen LogP contribution in [0.5, 0.6) is 0 Å². The lowest BCUT2D eigenvalue weighted by Gasteiger charge is -2.43. The summed E-state index contributed by atoms with van der Waals surface area (Å²) >= 11 is 13.4. The molecular formula is C33H31Cl2NOSi. The van der Waals surface area contributed by atoms with Crippen LogP contribution >= 0.6 is 23.2 Å². The van der Waals surface area contributed by atoms with Crippen molar-refractivity contribution in [2.75, 3.05) is 0 Å². The van der Waals surface area contributed by atoms with E-state index in [1.54, 1.807) is 0 Å². The molecule has 5 heteroatoms. The van der Waals surface area contributed by atoms with Gasteiger partial charge >= 0.3 is 0 Å². The average Bonchev–Trinajstić information content (AvgIpc) is 3.33. The summed E-state index contributed by atoms with van der Waals surface area (Å²) in [5, 5.41) is 3.73. The highest BCUT2D eigenvalue weighted by atomic mass is 35.5. The summed E-state index contributed by atoms with van der Waals surface area (Å²) in [4.78, 5) is 3.50. The first kappa shape index (κ1) is 26.5. The summed E-state index contributed by atoms with van der Waals surface area (Å²) < 4.78 is 7.35. The van der Waals surface area contributed by atoms with Crippen LogP contribution < -0.4 is 10.4 Å². The van der Waals surface area contributed by atoms with Crippen molar-refractivity contribution in [1.29, 1.82) is 0 Å². The third-order valence-corrected chi connectivity index (χ3v) is 12.8. The predicted octanol–water partition coefficient (Wildman–Crippen LogP) is 8.73. The number of nitrogens with one attached hydrogen (secondary N) is 1. The number of aromatic amines is 1. The van der Waals surface area contributed by atoms with Gasteiger partial charge in [0.25, 0.3) is 8.32 Å². The Labute approximate surface area is 236 Å². The van der Waals surface area contributed by atoms with Gasteiger partial charge in [0.15, 0.2) is 0 Å². The number of benzene rings is 4. The molecule has 0 aliphatic rings. The topological polar surface area (TPSA) is 25.0 Å². The maximum Gasteiger partial charge on any atom is 0.261 e. The van der Waals surface area contributed by atoms with Crippen LogP contribution in [0.4, 0.5) is 0 Å². The fourth-order valence-electron chi connectivity index (χ4n) is 5.37. The number of halogens is 2. The van der Waals surface area contributed by atoms with Crippen LogP contribution in [0.1, 0.15) is 26.3 Å². The number of H-pyrrole nitrogens is 1. The van der Waals surface area contributed by atoms with Gasteiger partial charge in [-0.1, -0.05) is 141 Å². The highest BCUT2D eigenvalue weighted by Crippen LogP contribution is 2.41. The molecule has 0 amide bonds. The van der Waals surface area contributed by atoms with Crippen LogP contribution in [0.25, 0.3) is 22.4 Å². The minimum atomic E-state index is -2.76. The van der Waals surface area contributed by atoms with Gasteiger partial charge in [-0.05, 0) is 27.5 Å². The van der Waals surface area contributed by atoms with Crippen molar-refractivity contribution in [2.24, 2.45) is 0 Å². The van der Waals surface area contributed by atoms with E-state index in [4.69, 9.17) is 27.6 Å². The Morgan fingerprint density at radius 2 is 1.11 bits per heavy atom. The predicted molar refractivity (Wildman–Crippen MR) is 164 cm³/mol. The summed E-state index contributed by atoms with van der Waals surface area (Å²) in [5.74, 6) is 0. The van der Waals surface area contributed by atoms with Crippen molar-refractivity contribution in [2.45, 2.75) is 32.4 Å². The number of rotatable bonds is 7. The van der Waals surface area contributed by atoms with E-state index < -0.39 is 8.32 Å². The molecule has 1 N–H and O–H groups in total. The van der Waals surface area contributed by atoms with E-state index in [-0.39, 0.29) is 5.04 Å². The second-order valence-electron chi connectivity index (χ2n) is 10.5. The fraction of sp³-hybridized carbons (Fsp3) is 0.152. The molecule has 0 aliphatic carbocycles. The van der Waals surface area contributed by atoms with Crippen molar-refractivity contribution in [3.05, 3.63) is 131 Å². The van der Waals surface area contributed by atoms with Gasteiger partial charge in [-0.3, -0.25) is 0 Å². The molecule has 38 heavy (non-hydrogen) atoms. The third-order valence-electron chi connectivity index (χ3n) is 7.14. The number of aromatic nitrogens is 1. The van der Waals surface area contributed by atoms with Crippen molar-refractivity contribution in [1.82, 2.24) is 4.98 Å². The van der Waals surface area contributed by atoms with Gasteiger partial charge in [0, 0.05) is 38.5 Å². The zero-order valence-corrected chi connectivity index (χ0v) is 24.4. The van der Waals surface area contributed by atoms with E-state index in [2.05, 4.69) is 86.4 Å². The Bertz CT molecular complexity index is 1420. The minimum absolute atomic E-state index is 0.138. The zero-order valence-electron chi connectivity index (χ0n) is 21.8. The van der Waals surface area contributed by atoms with Gasteiger partial charge in [0.2, 0.25) is 0 Å². The molecule has 0 bridgehead atoms. The first-order valence-electron chi connectivity index (χ1n) is 12.8. The van der Waals surface area contributed by atoms with Gasteiger partial charge in [-0.25, -0.2) is 0 Å². The Morgan fingerprint density at radius 1 is 0.632 bits per heavy atom. The molecule has 1 heterocycles. The standard InChI is InChI=1S/C33H31Cl2NOSi/c1-33(2,3)38(24-14-6-4-7-15-24,25-16-8-5-9-17-25)37-23-29-28(26-18-10-12-20-30(26)34)22-36-32(29)27-19-11-13-21-31(27)35/h4-22,36H,23H2,1-3H3. The molecule has 0 unspecified atom stereocenters. The lowest BCUT2D eigenvalue weighted by Crippen LogP contribution is -2.66. The first-order chi connectivity index (χ1) is 18.3. The molecule has 0 fully saturated rings. The maximum atomic E-state index is 7.35. The van der Waals surface area contributed by atoms with Crippen LogP contribution in [0.2, 0.25) is 15.1 Å². The van der Waals surface area contributed by atoms with Crippen molar-refractivity contribution < 1.29 is 4.43 Å². The van der Waals surface area contributed by atoms with Crippen molar-refractivity contribution >= 4 is 41.9 Å². The summed E-state index contributed by atoms with van der Waals surface area (Å²) in [5.41, 5.74) is 4.91. The lowest BCUT2D eigenvalue weighted by molar-refractivity contribution is 0.287. The van der Waals surface area contributed by atoms with Crippen LogP contribution in [-0.4, -0.2) is 13.3 Å². The maximum absolute atomic E-state index is 7.35. The van der Waals surface area contributed by atoms with Gasteiger partial charge in [0.1, 0.15) is 0 Å². The molecule has 0 aliphatic heterocycles. The van der Waals surface area contributed by atoms with Crippen LogP contribution in [0, 0.1) is 0 Å². The largest absolute Gasteiger partial charge is 0.403 e. The quantitative estimate of drug-likeness (QED) is 0.199. The summed E-state index contributed by atoms with van der Waals surface area (Å²) in [6, 6.07) is 37.2. The zero-order chi connectivity index (χ0) is 26.8. The van der Waals surface area contributed by atoms with Crippen LogP contribution in [0.15, 0.2) is 115 Å². The van der Waals surface area contributed by atoms with E-state index in [1.165, 1.54) is 10.4 Å². The van der Waals surface area contributed by atoms with E-state index in [0.29, 0.717) is 16.7 Å². The normalized spacial score (nSPS) is 12.0. The Balaban J connectivity index is 1.70. The van der Waals surface area contributed by atoms with E-state index >= 15 is 0 Å². The molecule has 192 valence electrons. The van der Waals surface area contributed by atoms with Gasteiger partial charge in [0.05, 0.1) is 12.3 Å². The molecule has 1 aromatic heterocycles. The molecule has 5 aromatic rings. The fourth-order valence-corrected chi connectivity index (χ4v) is 10.4. The van der Waals surface area contributed by atoms with E-state index in [9.17, 15) is 0 Å². The summed E-state index contributed by atoms with van der Waals surface area (Å²) in [7, 11) is -2.76. The van der Waals surface area contributed by atoms with E-state index in [0.717, 1.165) is 27.9 Å². The minimum Gasteiger partial charge on any atom is -0.403 e. The van der Waals surface area contributed by atoms with Gasteiger partial charge in [-0.2, -0.15) is 0 Å². The Hall–Kier alpha value is -3.08. The summed E-state index contributed by atoms with van der Waals surface area (Å²) in [6.45, 7) is 7.28. The van der Waals surface area contributed by atoms with Crippen LogP contribution in [-0.2, 0) is 11.0 Å². The first-order valence-corrected chi connectivity index (χ1v) is 15.4. The molecule has 0 atom stereocenters. The highest BCUT2D eigenvalue weighted by molar-refractivity contribution is 6.99. The SMILES string of the molecule is CC(C)(C)[Si](OCc1c(-c2ccccc2Cl)c[nH]c1-c1ccccc1Cl)(c1ccccc1)c1ccccc1. The molecule has 0 spiro atoms. The third kappa shape index (κ3) is 4.88. The van der Waals surface area contributed by atoms with Crippen molar-refractivity contribution in [3.8, 4) is 22.4 Å². The number of hydrogen-bond donors (Lipinski definition) is 1. The van der Waals surface area contributed by atoms with E-state index in [1.807, 2.05) is 54.7 Å². The Kier molecular flexibility index (Phi) is 7.65. The van der Waals surface area contributed by atoms with Crippen molar-refractivity contribution in [3.63, 3.8) is 0 Å². The van der Waals surface area contributed by atoms with Gasteiger partial charge in [-0.15, -0.1) is 0 Å². The second kappa shape index (κ2) is 11.0. The molecular weight excluding hydrogens is 525 g/mol. The molecule has 4 aromatic carbocycles. The summed E-state index contributed by atoms with van der Waals surface area (Å²) in [6.07, 6.45) is 2.02. The highest BCUT2D eigenvalue weighted by Gasteiger charge is 2.50. The average molecular weight is 557 g/mol. The Morgan fingerprint density at radius 3 is 1.61 bits per heavy atom. The number of hydrogen-bond acceptors (Lipinski definition) is 1. The molecule has 0 saturated heterocycles. The smallest absolute Gasteiger partial charge is 0.261 e. The van der Waals surface area contributed by atoms with Gasteiger partial charge < -0.3 is 9.41 Å². The monoisotopic (exact) mass is 555 g/mol. The molecule has 2 nitrogen and oxygen atoms in total.